The van der Waals surface area contributed by atoms with Crippen LogP contribution < -0.4 is 9.47 Å². The summed E-state index contributed by atoms with van der Waals surface area (Å²) in [7, 11) is 0. The van der Waals surface area contributed by atoms with Crippen LogP contribution in [0.25, 0.3) is 0 Å². The number of carbonyl (C=O) groups excluding carboxylic acids is 1. The van der Waals surface area contributed by atoms with Gasteiger partial charge in [0, 0.05) is 45.4 Å². The molecule has 0 unspecified atom stereocenters. The number of hydrogen-bond acceptors (Lipinski definition) is 7. The Bertz CT molecular complexity index is 830. The number of aromatic nitrogens is 2. The lowest BCUT2D eigenvalue weighted by molar-refractivity contribution is -0.133. The number of ether oxygens (including phenoxy) is 2. The quantitative estimate of drug-likeness (QED) is 0.734. The van der Waals surface area contributed by atoms with Crippen molar-refractivity contribution in [3.05, 3.63) is 35.5 Å². The first kappa shape index (κ1) is 19.7. The summed E-state index contributed by atoms with van der Waals surface area (Å²) in [5.41, 5.74) is 1.10. The van der Waals surface area contributed by atoms with Crippen LogP contribution in [0, 0.1) is 0 Å². The fourth-order valence-corrected chi connectivity index (χ4v) is 3.63. The summed E-state index contributed by atoms with van der Waals surface area (Å²) in [6, 6.07) is 5.97. The molecule has 2 aliphatic heterocycles. The van der Waals surface area contributed by atoms with Crippen molar-refractivity contribution in [2.24, 2.45) is 0 Å². The van der Waals surface area contributed by atoms with Gasteiger partial charge in [0.1, 0.15) is 0 Å². The first-order chi connectivity index (χ1) is 14.2. The standard InChI is InChI=1S/C21H28N4O4/c1-2-20-22-19(23-29-20)15-24-8-10-25(11-9-24)21(26)7-5-16-4-6-17-18(14-16)28-13-3-12-27-17/h4,6,14H,2-3,5,7-13,15H2,1H3. The van der Waals surface area contributed by atoms with Crippen LogP contribution >= 0.6 is 0 Å². The number of hydrogen-bond donors (Lipinski definition) is 0. The zero-order valence-corrected chi connectivity index (χ0v) is 16.9. The molecule has 8 nitrogen and oxygen atoms in total. The van der Waals surface area contributed by atoms with E-state index < -0.39 is 0 Å². The summed E-state index contributed by atoms with van der Waals surface area (Å²) in [5, 5.41) is 4.01. The molecule has 3 heterocycles. The van der Waals surface area contributed by atoms with Crippen LogP contribution in [0.15, 0.2) is 22.7 Å². The molecular formula is C21H28N4O4. The Labute approximate surface area is 170 Å². The van der Waals surface area contributed by atoms with Crippen molar-refractivity contribution in [2.45, 2.75) is 39.2 Å². The lowest BCUT2D eigenvalue weighted by atomic mass is 10.1. The molecule has 0 saturated carbocycles. The first-order valence-electron chi connectivity index (χ1n) is 10.4. The van der Waals surface area contributed by atoms with E-state index in [4.69, 9.17) is 14.0 Å². The Morgan fingerprint density at radius 2 is 1.90 bits per heavy atom. The monoisotopic (exact) mass is 400 g/mol. The van der Waals surface area contributed by atoms with Crippen LogP contribution in [0.3, 0.4) is 0 Å². The zero-order valence-electron chi connectivity index (χ0n) is 16.9. The maximum atomic E-state index is 12.6. The van der Waals surface area contributed by atoms with Crippen molar-refractivity contribution in [1.82, 2.24) is 19.9 Å². The molecule has 0 N–H and O–H groups in total. The second-order valence-electron chi connectivity index (χ2n) is 7.45. The van der Waals surface area contributed by atoms with Crippen LogP contribution in [-0.2, 0) is 24.2 Å². The van der Waals surface area contributed by atoms with E-state index >= 15 is 0 Å². The van der Waals surface area contributed by atoms with Gasteiger partial charge < -0.3 is 18.9 Å². The number of carbonyl (C=O) groups is 1. The minimum absolute atomic E-state index is 0.199. The number of fused-ring (bicyclic) bond motifs is 1. The molecule has 0 spiro atoms. The fourth-order valence-electron chi connectivity index (χ4n) is 3.63. The first-order valence-corrected chi connectivity index (χ1v) is 10.4. The van der Waals surface area contributed by atoms with E-state index in [-0.39, 0.29) is 5.91 Å². The highest BCUT2D eigenvalue weighted by Gasteiger charge is 2.22. The summed E-state index contributed by atoms with van der Waals surface area (Å²) in [6.45, 7) is 7.14. The van der Waals surface area contributed by atoms with E-state index in [1.807, 2.05) is 30.0 Å². The summed E-state index contributed by atoms with van der Waals surface area (Å²) < 4.78 is 16.6. The van der Waals surface area contributed by atoms with E-state index in [1.54, 1.807) is 0 Å². The number of piperazine rings is 1. The van der Waals surface area contributed by atoms with Crippen molar-refractivity contribution in [1.29, 1.82) is 0 Å². The van der Waals surface area contributed by atoms with Gasteiger partial charge in [-0.05, 0) is 24.1 Å². The largest absolute Gasteiger partial charge is 0.490 e. The third kappa shape index (κ3) is 5.06. The van der Waals surface area contributed by atoms with Gasteiger partial charge in [-0.3, -0.25) is 9.69 Å². The van der Waals surface area contributed by atoms with Gasteiger partial charge in [-0.1, -0.05) is 18.1 Å². The third-order valence-corrected chi connectivity index (χ3v) is 5.34. The minimum atomic E-state index is 0.199. The van der Waals surface area contributed by atoms with E-state index in [2.05, 4.69) is 15.0 Å². The SMILES string of the molecule is CCc1nc(CN2CCN(C(=O)CCc3ccc4c(c3)OCCCO4)CC2)no1. The Balaban J connectivity index is 1.23. The van der Waals surface area contributed by atoms with Crippen molar-refractivity contribution in [2.75, 3.05) is 39.4 Å². The highest BCUT2D eigenvalue weighted by molar-refractivity contribution is 5.76. The van der Waals surface area contributed by atoms with Crippen LogP contribution in [0.5, 0.6) is 11.5 Å². The van der Waals surface area contributed by atoms with Gasteiger partial charge in [-0.15, -0.1) is 0 Å². The van der Waals surface area contributed by atoms with Gasteiger partial charge in [0.2, 0.25) is 11.8 Å². The van der Waals surface area contributed by atoms with Crippen LogP contribution in [0.4, 0.5) is 0 Å². The number of aryl methyl sites for hydroxylation is 2. The Kier molecular flexibility index (Phi) is 6.29. The molecule has 1 saturated heterocycles. The van der Waals surface area contributed by atoms with Crippen molar-refractivity contribution < 1.29 is 18.8 Å². The molecule has 1 fully saturated rings. The number of benzene rings is 1. The lowest BCUT2D eigenvalue weighted by Crippen LogP contribution is -2.48. The summed E-state index contributed by atoms with van der Waals surface area (Å²) in [4.78, 5) is 21.2. The Morgan fingerprint density at radius 1 is 1.10 bits per heavy atom. The zero-order chi connectivity index (χ0) is 20.1. The molecule has 29 heavy (non-hydrogen) atoms. The third-order valence-electron chi connectivity index (χ3n) is 5.34. The highest BCUT2D eigenvalue weighted by Crippen LogP contribution is 2.30. The lowest BCUT2D eigenvalue weighted by Gasteiger charge is -2.34. The Morgan fingerprint density at radius 3 is 2.66 bits per heavy atom. The van der Waals surface area contributed by atoms with Crippen molar-refractivity contribution >= 4 is 5.91 Å². The predicted molar refractivity (Wildman–Crippen MR) is 106 cm³/mol. The molecule has 0 atom stereocenters. The normalized spacial score (nSPS) is 17.2. The van der Waals surface area contributed by atoms with Gasteiger partial charge in [-0.25, -0.2) is 0 Å². The summed E-state index contributed by atoms with van der Waals surface area (Å²) in [5.74, 6) is 3.17. The number of rotatable bonds is 6. The molecule has 2 aliphatic rings. The Hall–Kier alpha value is -2.61. The van der Waals surface area contributed by atoms with Crippen LogP contribution in [0.2, 0.25) is 0 Å². The predicted octanol–water partition coefficient (Wildman–Crippen LogP) is 2.07. The molecule has 1 aromatic heterocycles. The fraction of sp³-hybridized carbons (Fsp3) is 0.571. The molecule has 156 valence electrons. The topological polar surface area (TPSA) is 80.9 Å². The van der Waals surface area contributed by atoms with Gasteiger partial charge in [-0.2, -0.15) is 4.98 Å². The molecule has 0 bridgehead atoms. The van der Waals surface area contributed by atoms with Crippen LogP contribution in [-0.4, -0.2) is 65.2 Å². The van der Waals surface area contributed by atoms with E-state index in [9.17, 15) is 4.79 Å². The molecule has 1 amide bonds. The molecule has 4 rings (SSSR count). The number of nitrogens with zero attached hydrogens (tertiary/aromatic N) is 4. The van der Waals surface area contributed by atoms with E-state index in [0.717, 1.165) is 61.9 Å². The molecule has 1 aromatic carbocycles. The maximum Gasteiger partial charge on any atom is 0.226 e. The molecule has 0 aliphatic carbocycles. The molecule has 2 aromatic rings. The smallest absolute Gasteiger partial charge is 0.226 e. The average Bonchev–Trinajstić information content (AvgIpc) is 3.07. The van der Waals surface area contributed by atoms with E-state index in [0.29, 0.717) is 38.5 Å². The van der Waals surface area contributed by atoms with Gasteiger partial charge >= 0.3 is 0 Å². The van der Waals surface area contributed by atoms with Crippen LogP contribution in [0.1, 0.15) is 37.0 Å². The average molecular weight is 400 g/mol. The second kappa shape index (κ2) is 9.26. The summed E-state index contributed by atoms with van der Waals surface area (Å²) in [6.07, 6.45) is 2.85. The number of amides is 1. The molecule has 8 heteroatoms. The van der Waals surface area contributed by atoms with E-state index in [1.165, 1.54) is 0 Å². The molecule has 0 radical (unpaired) electrons. The van der Waals surface area contributed by atoms with Gasteiger partial charge in [0.15, 0.2) is 17.3 Å². The minimum Gasteiger partial charge on any atom is -0.490 e. The van der Waals surface area contributed by atoms with Crippen molar-refractivity contribution in [3.63, 3.8) is 0 Å². The van der Waals surface area contributed by atoms with Crippen molar-refractivity contribution in [3.8, 4) is 11.5 Å². The highest BCUT2D eigenvalue weighted by atomic mass is 16.5. The van der Waals surface area contributed by atoms with Gasteiger partial charge in [0.05, 0.1) is 19.8 Å². The second-order valence-corrected chi connectivity index (χ2v) is 7.45. The maximum absolute atomic E-state index is 12.6. The van der Waals surface area contributed by atoms with Gasteiger partial charge in [0.25, 0.3) is 0 Å². The molecular weight excluding hydrogens is 372 g/mol. The summed E-state index contributed by atoms with van der Waals surface area (Å²) >= 11 is 0.